The molecule has 4 aromatic rings. The lowest BCUT2D eigenvalue weighted by molar-refractivity contribution is -0.179. The fourth-order valence-electron chi connectivity index (χ4n) is 8.60. The number of ether oxygens (including phenoxy) is 3. The molecule has 7 atom stereocenters. The molecule has 1 spiro atoms. The standard InChI is InChI=1S/C42H41N3O10/c1-24(2)32(38(49)53-3)43-41(52)44-30-20-11-10-19-29(30)42(40(44)51)31(37(47)48)34-39(50)55-35(26-15-8-5-9-16-26)33(25-13-6-4-7-14-25)45(34)36(42)27-17-12-18-28(23-27)54-22-21-46/h4-20,23-24,31-36,46H,21-22H2,1-3H3,(H,43,52)(H,47,48)/t31-,32-,33-,34-,35+,36+,42-/m0/s1. The van der Waals surface area contributed by atoms with Gasteiger partial charge < -0.3 is 29.7 Å². The molecule has 7 rings (SSSR count). The number of methoxy groups -OCH3 is 1. The van der Waals surface area contributed by atoms with E-state index >= 15 is 4.79 Å². The van der Waals surface area contributed by atoms with Crippen LogP contribution in [0.3, 0.4) is 0 Å². The third kappa shape index (κ3) is 6.09. The molecule has 3 N–H and O–H groups in total. The second-order valence-corrected chi connectivity index (χ2v) is 14.1. The molecular formula is C42H41N3O10. The summed E-state index contributed by atoms with van der Waals surface area (Å²) in [6.07, 6.45) is -0.939. The molecule has 4 aromatic carbocycles. The van der Waals surface area contributed by atoms with Gasteiger partial charge in [-0.25, -0.2) is 14.5 Å². The highest BCUT2D eigenvalue weighted by Crippen LogP contribution is 2.65. The third-order valence-corrected chi connectivity index (χ3v) is 10.8. The van der Waals surface area contributed by atoms with E-state index in [4.69, 9.17) is 14.2 Å². The number of anilines is 1. The molecule has 3 aliphatic heterocycles. The Kier molecular flexibility index (Phi) is 10.2. The largest absolute Gasteiger partial charge is 0.491 e. The first kappa shape index (κ1) is 37.3. The number of benzene rings is 4. The van der Waals surface area contributed by atoms with Crippen LogP contribution in [0.1, 0.15) is 54.3 Å². The van der Waals surface area contributed by atoms with E-state index in [0.29, 0.717) is 22.4 Å². The Morgan fingerprint density at radius 1 is 0.855 bits per heavy atom. The van der Waals surface area contributed by atoms with Crippen LogP contribution < -0.4 is 15.0 Å². The van der Waals surface area contributed by atoms with E-state index in [-0.39, 0.29) is 24.5 Å². The number of fused-ring (bicyclic) bond motifs is 3. The van der Waals surface area contributed by atoms with Crippen LogP contribution in [-0.4, -0.2) is 77.4 Å². The lowest BCUT2D eigenvalue weighted by atomic mass is 9.65. The Bertz CT molecular complexity index is 2110. The van der Waals surface area contributed by atoms with Crippen molar-refractivity contribution in [2.75, 3.05) is 25.2 Å². The summed E-state index contributed by atoms with van der Waals surface area (Å²) in [6.45, 7) is 3.11. The van der Waals surface area contributed by atoms with E-state index < -0.39 is 77.4 Å². The Labute approximate surface area is 317 Å². The highest BCUT2D eigenvalue weighted by Gasteiger charge is 2.76. The summed E-state index contributed by atoms with van der Waals surface area (Å²) in [4.78, 5) is 74.0. The number of hydrogen-bond acceptors (Lipinski definition) is 10. The number of aliphatic hydroxyl groups excluding tert-OH is 1. The summed E-state index contributed by atoms with van der Waals surface area (Å²) >= 11 is 0. The molecule has 3 aliphatic rings. The van der Waals surface area contributed by atoms with Crippen LogP contribution in [0, 0.1) is 11.8 Å². The molecule has 3 amide bonds. The number of aliphatic hydroxyl groups is 1. The van der Waals surface area contributed by atoms with Crippen molar-refractivity contribution in [3.05, 3.63) is 131 Å². The lowest BCUT2D eigenvalue weighted by Gasteiger charge is -2.46. The summed E-state index contributed by atoms with van der Waals surface area (Å²) in [6, 6.07) is 25.8. The number of aliphatic carboxylic acids is 1. The Balaban J connectivity index is 1.52. The van der Waals surface area contributed by atoms with Gasteiger partial charge in [-0.2, -0.15) is 0 Å². The molecular weight excluding hydrogens is 706 g/mol. The van der Waals surface area contributed by atoms with Crippen molar-refractivity contribution in [3.63, 3.8) is 0 Å². The average molecular weight is 748 g/mol. The summed E-state index contributed by atoms with van der Waals surface area (Å²) < 4.78 is 17.0. The number of para-hydroxylation sites is 1. The maximum absolute atomic E-state index is 15.7. The van der Waals surface area contributed by atoms with Gasteiger partial charge in [-0.1, -0.05) is 105 Å². The predicted molar refractivity (Wildman–Crippen MR) is 198 cm³/mol. The van der Waals surface area contributed by atoms with Crippen LogP contribution in [-0.2, 0) is 34.1 Å². The quantitative estimate of drug-likeness (QED) is 0.192. The monoisotopic (exact) mass is 747 g/mol. The average Bonchev–Trinajstić information content (AvgIpc) is 3.66. The number of nitrogens with zero attached hydrogens (tertiary/aromatic N) is 2. The number of esters is 2. The number of nitrogens with one attached hydrogen (secondary N) is 1. The zero-order chi connectivity index (χ0) is 39.0. The van der Waals surface area contributed by atoms with E-state index in [1.54, 1.807) is 61.2 Å². The summed E-state index contributed by atoms with van der Waals surface area (Å²) in [5.74, 6) is -5.80. The number of carboxylic acids is 1. The Morgan fingerprint density at radius 2 is 1.49 bits per heavy atom. The minimum absolute atomic E-state index is 0.0364. The molecule has 2 saturated heterocycles. The van der Waals surface area contributed by atoms with Crippen molar-refractivity contribution >= 4 is 35.5 Å². The van der Waals surface area contributed by atoms with Crippen LogP contribution in [0.4, 0.5) is 10.5 Å². The predicted octanol–water partition coefficient (Wildman–Crippen LogP) is 4.72. The van der Waals surface area contributed by atoms with E-state index in [9.17, 15) is 29.4 Å². The Hall–Kier alpha value is -6.05. The first-order valence-corrected chi connectivity index (χ1v) is 18.0. The smallest absolute Gasteiger partial charge is 0.329 e. The summed E-state index contributed by atoms with van der Waals surface area (Å²) in [7, 11) is 1.19. The van der Waals surface area contributed by atoms with Crippen LogP contribution in [0.5, 0.6) is 5.75 Å². The van der Waals surface area contributed by atoms with Crippen molar-refractivity contribution in [2.45, 2.75) is 49.5 Å². The highest BCUT2D eigenvalue weighted by atomic mass is 16.6. The number of carbonyl (C=O) groups excluding carboxylic acids is 4. The van der Waals surface area contributed by atoms with Gasteiger partial charge >= 0.3 is 23.9 Å². The second-order valence-electron chi connectivity index (χ2n) is 14.1. The fourth-order valence-corrected chi connectivity index (χ4v) is 8.60. The van der Waals surface area contributed by atoms with Gasteiger partial charge in [0.2, 0.25) is 5.91 Å². The van der Waals surface area contributed by atoms with Gasteiger partial charge in [-0.05, 0) is 46.4 Å². The first-order valence-electron chi connectivity index (χ1n) is 18.0. The van der Waals surface area contributed by atoms with Crippen molar-refractivity contribution in [1.29, 1.82) is 0 Å². The van der Waals surface area contributed by atoms with Crippen molar-refractivity contribution in [2.24, 2.45) is 11.8 Å². The molecule has 0 bridgehead atoms. The highest BCUT2D eigenvalue weighted by molar-refractivity contribution is 6.24. The maximum Gasteiger partial charge on any atom is 0.329 e. The van der Waals surface area contributed by atoms with Gasteiger partial charge in [0.1, 0.15) is 41.9 Å². The van der Waals surface area contributed by atoms with E-state index in [2.05, 4.69) is 5.32 Å². The topological polar surface area (TPSA) is 172 Å². The minimum Gasteiger partial charge on any atom is -0.491 e. The normalized spacial score (nSPS) is 24.9. The molecule has 55 heavy (non-hydrogen) atoms. The molecule has 2 fully saturated rings. The zero-order valence-electron chi connectivity index (χ0n) is 30.4. The van der Waals surface area contributed by atoms with Crippen molar-refractivity contribution in [3.8, 4) is 5.75 Å². The van der Waals surface area contributed by atoms with Crippen molar-refractivity contribution < 1.29 is 48.4 Å². The van der Waals surface area contributed by atoms with Gasteiger partial charge in [0.25, 0.3) is 0 Å². The fraction of sp³-hybridized carbons (Fsp3) is 0.310. The van der Waals surface area contributed by atoms with Crippen LogP contribution in [0.2, 0.25) is 0 Å². The van der Waals surface area contributed by atoms with E-state index in [0.717, 1.165) is 4.90 Å². The molecule has 0 unspecified atom stereocenters. The molecule has 0 aromatic heterocycles. The number of rotatable bonds is 10. The molecule has 3 heterocycles. The number of amides is 3. The zero-order valence-corrected chi connectivity index (χ0v) is 30.4. The van der Waals surface area contributed by atoms with Gasteiger partial charge in [-0.3, -0.25) is 19.3 Å². The lowest BCUT2D eigenvalue weighted by Crippen LogP contribution is -2.56. The first-order chi connectivity index (χ1) is 26.6. The summed E-state index contributed by atoms with van der Waals surface area (Å²) in [5, 5.41) is 23.5. The second kappa shape index (κ2) is 15.0. The van der Waals surface area contributed by atoms with Crippen molar-refractivity contribution in [1.82, 2.24) is 10.2 Å². The number of hydrogen-bond donors (Lipinski definition) is 3. The molecule has 13 nitrogen and oxygen atoms in total. The van der Waals surface area contributed by atoms with Crippen LogP contribution >= 0.6 is 0 Å². The number of carbonyl (C=O) groups is 5. The SMILES string of the molecule is COC(=O)[C@@H](NC(=O)N1C(=O)[C@@]2(c3ccccc31)[C@H](C(=O)O)[C@H]1C(=O)O[C@H](c3ccccc3)[C@H](c3ccccc3)N1[C@@H]2c1cccc(OCCO)c1)C(C)C. The number of imide groups is 1. The van der Waals surface area contributed by atoms with Gasteiger partial charge in [0.05, 0.1) is 31.5 Å². The summed E-state index contributed by atoms with van der Waals surface area (Å²) in [5.41, 5.74) is -0.0398. The number of carboxylic acid groups (broad SMARTS) is 1. The maximum atomic E-state index is 15.7. The van der Waals surface area contributed by atoms with Crippen LogP contribution in [0.25, 0.3) is 0 Å². The van der Waals surface area contributed by atoms with Gasteiger partial charge in [0, 0.05) is 0 Å². The molecule has 0 aliphatic carbocycles. The third-order valence-electron chi connectivity index (χ3n) is 10.8. The Morgan fingerprint density at radius 3 is 2.13 bits per heavy atom. The molecule has 0 radical (unpaired) electrons. The number of urea groups is 1. The van der Waals surface area contributed by atoms with E-state index in [1.165, 1.54) is 13.2 Å². The van der Waals surface area contributed by atoms with E-state index in [1.807, 2.05) is 60.7 Å². The van der Waals surface area contributed by atoms with Gasteiger partial charge in [-0.15, -0.1) is 0 Å². The minimum atomic E-state index is -2.11. The number of morpholine rings is 1. The molecule has 0 saturated carbocycles. The van der Waals surface area contributed by atoms with Gasteiger partial charge in [0.15, 0.2) is 0 Å². The van der Waals surface area contributed by atoms with Crippen LogP contribution in [0.15, 0.2) is 109 Å². The molecule has 13 heteroatoms. The molecule has 284 valence electrons. The number of cyclic esters (lactones) is 1.